The molecule has 2 nitrogen and oxygen atoms in total. The maximum Gasteiger partial charge on any atom is 0.0312 e. The first-order valence-electron chi connectivity index (χ1n) is 4.03. The largest absolute Gasteiger partial charge is 1.00 e. The molecule has 3 heteroatoms. The molecule has 1 aromatic heterocycles. The molecule has 0 spiro atoms. The van der Waals surface area contributed by atoms with Gasteiger partial charge in [-0.3, -0.25) is 4.98 Å². The van der Waals surface area contributed by atoms with Crippen molar-refractivity contribution in [3.05, 3.63) is 30.1 Å². The summed E-state index contributed by atoms with van der Waals surface area (Å²) < 4.78 is 0. The molecule has 0 saturated carbocycles. The van der Waals surface area contributed by atoms with E-state index in [2.05, 4.69) is 23.3 Å². The number of halogens is 1. The Hall–Kier alpha value is -0.600. The van der Waals surface area contributed by atoms with Crippen LogP contribution in [0.4, 0.5) is 0 Å². The minimum Gasteiger partial charge on any atom is -1.00 e. The molecule has 68 valence electrons. The lowest BCUT2D eigenvalue weighted by Gasteiger charge is -2.00. The van der Waals surface area contributed by atoms with Crippen molar-refractivity contribution in [2.45, 2.75) is 19.9 Å². The highest BCUT2D eigenvalue weighted by atomic mass is 35.5. The summed E-state index contributed by atoms with van der Waals surface area (Å²) in [4.78, 5) is 4.02. The first-order chi connectivity index (χ1) is 5.43. The molecule has 0 radical (unpaired) electrons. The number of aromatic nitrogens is 1. The molecule has 1 heterocycles. The molecule has 0 aliphatic rings. The molecule has 12 heavy (non-hydrogen) atoms. The zero-order valence-corrected chi connectivity index (χ0v) is 8.01. The number of pyridine rings is 1. The van der Waals surface area contributed by atoms with E-state index in [4.69, 9.17) is 0 Å². The number of rotatable bonds is 4. The second-order valence-electron chi connectivity index (χ2n) is 2.54. The lowest BCUT2D eigenvalue weighted by molar-refractivity contribution is -0.00000244. The fraction of sp³-hybridized carbons (Fsp3) is 0.444. The molecule has 0 unspecified atom stereocenters. The quantitative estimate of drug-likeness (QED) is 0.583. The molecule has 0 saturated heterocycles. The van der Waals surface area contributed by atoms with Gasteiger partial charge in [0, 0.05) is 18.9 Å². The Balaban J connectivity index is 0.00000121. The highest BCUT2D eigenvalue weighted by Gasteiger charge is 1.88. The normalized spacial score (nSPS) is 9.08. The molecule has 1 N–H and O–H groups in total. The van der Waals surface area contributed by atoms with Crippen molar-refractivity contribution < 1.29 is 12.4 Å². The van der Waals surface area contributed by atoms with Crippen LogP contribution in [0.15, 0.2) is 24.5 Å². The van der Waals surface area contributed by atoms with Crippen molar-refractivity contribution in [3.63, 3.8) is 0 Å². The van der Waals surface area contributed by atoms with Crippen molar-refractivity contribution in [2.75, 3.05) is 6.54 Å². The monoisotopic (exact) mass is 185 g/mol. The average molecular weight is 186 g/mol. The molecule has 0 atom stereocenters. The van der Waals surface area contributed by atoms with Crippen molar-refractivity contribution in [1.29, 1.82) is 0 Å². The van der Waals surface area contributed by atoms with E-state index < -0.39 is 0 Å². The third-order valence-corrected chi connectivity index (χ3v) is 1.48. The van der Waals surface area contributed by atoms with Gasteiger partial charge in [-0.05, 0) is 24.6 Å². The minimum atomic E-state index is 0. The van der Waals surface area contributed by atoms with Crippen molar-refractivity contribution in [1.82, 2.24) is 10.3 Å². The van der Waals surface area contributed by atoms with E-state index in [1.165, 1.54) is 12.0 Å². The summed E-state index contributed by atoms with van der Waals surface area (Å²) in [6.45, 7) is 4.17. The Kier molecular flexibility index (Phi) is 6.72. The van der Waals surface area contributed by atoms with Gasteiger partial charge in [0.2, 0.25) is 0 Å². The summed E-state index contributed by atoms with van der Waals surface area (Å²) in [5, 5.41) is 3.31. The van der Waals surface area contributed by atoms with Crippen LogP contribution in [0.3, 0.4) is 0 Å². The van der Waals surface area contributed by atoms with Crippen LogP contribution in [0.2, 0.25) is 0 Å². The Morgan fingerprint density at radius 3 is 2.92 bits per heavy atom. The third kappa shape index (κ3) is 4.31. The van der Waals surface area contributed by atoms with Gasteiger partial charge in [-0.25, -0.2) is 0 Å². The van der Waals surface area contributed by atoms with Crippen LogP contribution in [0.5, 0.6) is 0 Å². The molecular formula is C9H14ClN2-. The standard InChI is InChI=1S/C9H14N2.ClH/c1-2-5-10-7-9-4-3-6-11-8-9;/h3-4,6,8,10H,2,5,7H2,1H3;1H/p-1. The van der Waals surface area contributed by atoms with Crippen LogP contribution in [0.25, 0.3) is 0 Å². The van der Waals surface area contributed by atoms with Gasteiger partial charge in [-0.1, -0.05) is 13.0 Å². The highest BCUT2D eigenvalue weighted by Crippen LogP contribution is 1.93. The van der Waals surface area contributed by atoms with E-state index in [9.17, 15) is 0 Å². The van der Waals surface area contributed by atoms with Gasteiger partial charge < -0.3 is 17.7 Å². The summed E-state index contributed by atoms with van der Waals surface area (Å²) in [6.07, 6.45) is 4.87. The lowest BCUT2D eigenvalue weighted by Crippen LogP contribution is -3.00. The van der Waals surface area contributed by atoms with E-state index in [0.29, 0.717) is 0 Å². The number of nitrogens with zero attached hydrogens (tertiary/aromatic N) is 1. The summed E-state index contributed by atoms with van der Waals surface area (Å²) in [5.41, 5.74) is 1.25. The predicted molar refractivity (Wildman–Crippen MR) is 46.2 cm³/mol. The molecule has 0 bridgehead atoms. The second kappa shape index (κ2) is 7.07. The number of hydrogen-bond donors (Lipinski definition) is 1. The fourth-order valence-corrected chi connectivity index (χ4v) is 0.912. The van der Waals surface area contributed by atoms with Gasteiger partial charge >= 0.3 is 0 Å². The summed E-state index contributed by atoms with van der Waals surface area (Å²) >= 11 is 0. The molecule has 1 aromatic rings. The van der Waals surface area contributed by atoms with Crippen LogP contribution < -0.4 is 17.7 Å². The average Bonchev–Trinajstić information content (AvgIpc) is 2.07. The van der Waals surface area contributed by atoms with Crippen LogP contribution in [-0.2, 0) is 6.54 Å². The summed E-state index contributed by atoms with van der Waals surface area (Å²) in [6, 6.07) is 4.04. The van der Waals surface area contributed by atoms with Crippen molar-refractivity contribution >= 4 is 0 Å². The third-order valence-electron chi connectivity index (χ3n) is 1.48. The molecule has 0 aliphatic carbocycles. The smallest absolute Gasteiger partial charge is 0.0312 e. The SMILES string of the molecule is CCCNCc1cccnc1.[Cl-]. The van der Waals surface area contributed by atoms with Crippen LogP contribution >= 0.6 is 0 Å². The van der Waals surface area contributed by atoms with Gasteiger partial charge in [0.15, 0.2) is 0 Å². The number of hydrogen-bond acceptors (Lipinski definition) is 2. The van der Waals surface area contributed by atoms with Crippen molar-refractivity contribution in [2.24, 2.45) is 0 Å². The van der Waals surface area contributed by atoms with Gasteiger partial charge in [-0.15, -0.1) is 0 Å². The van der Waals surface area contributed by atoms with Crippen LogP contribution in [0, 0.1) is 0 Å². The van der Waals surface area contributed by atoms with Gasteiger partial charge in [0.25, 0.3) is 0 Å². The maximum absolute atomic E-state index is 4.02. The summed E-state index contributed by atoms with van der Waals surface area (Å²) in [7, 11) is 0. The molecule has 0 amide bonds. The van der Waals surface area contributed by atoms with Crippen LogP contribution in [0.1, 0.15) is 18.9 Å². The molecule has 0 fully saturated rings. The molecule has 1 rings (SSSR count). The number of nitrogens with one attached hydrogen (secondary N) is 1. The van der Waals surface area contributed by atoms with E-state index >= 15 is 0 Å². The fourth-order valence-electron chi connectivity index (χ4n) is 0.912. The molecule has 0 aromatic carbocycles. The predicted octanol–water partition coefficient (Wildman–Crippen LogP) is -1.41. The van der Waals surface area contributed by atoms with Crippen molar-refractivity contribution in [3.8, 4) is 0 Å². The zero-order chi connectivity index (χ0) is 7.94. The lowest BCUT2D eigenvalue weighted by atomic mass is 10.3. The Bertz CT molecular complexity index is 189. The first-order valence-corrected chi connectivity index (χ1v) is 4.03. The Morgan fingerprint density at radius 1 is 1.50 bits per heavy atom. The van der Waals surface area contributed by atoms with Gasteiger partial charge in [0.1, 0.15) is 0 Å². The Labute approximate surface area is 79.8 Å². The maximum atomic E-state index is 4.02. The summed E-state index contributed by atoms with van der Waals surface area (Å²) in [5.74, 6) is 0. The van der Waals surface area contributed by atoms with E-state index in [-0.39, 0.29) is 12.4 Å². The van der Waals surface area contributed by atoms with Gasteiger partial charge in [0.05, 0.1) is 0 Å². The van der Waals surface area contributed by atoms with Gasteiger partial charge in [-0.2, -0.15) is 0 Å². The zero-order valence-electron chi connectivity index (χ0n) is 7.26. The minimum absolute atomic E-state index is 0. The second-order valence-corrected chi connectivity index (χ2v) is 2.54. The Morgan fingerprint density at radius 2 is 2.33 bits per heavy atom. The molecule has 0 aliphatic heterocycles. The molecular weight excluding hydrogens is 172 g/mol. The van der Waals surface area contributed by atoms with E-state index in [1.54, 1.807) is 6.20 Å². The first kappa shape index (κ1) is 11.4. The highest BCUT2D eigenvalue weighted by molar-refractivity contribution is 5.07. The van der Waals surface area contributed by atoms with Crippen LogP contribution in [-0.4, -0.2) is 11.5 Å². The topological polar surface area (TPSA) is 24.9 Å². The van der Waals surface area contributed by atoms with E-state index in [0.717, 1.165) is 13.1 Å². The van der Waals surface area contributed by atoms with E-state index in [1.807, 2.05) is 12.3 Å².